The summed E-state index contributed by atoms with van der Waals surface area (Å²) >= 11 is 1.62. The summed E-state index contributed by atoms with van der Waals surface area (Å²) < 4.78 is 4.72. The molecular weight excluding hydrogens is 312 g/mol. The molecule has 0 aliphatic heterocycles. The normalized spacial score (nSPS) is 11.6. The zero-order chi connectivity index (χ0) is 17.1. The highest BCUT2D eigenvalue weighted by Crippen LogP contribution is 2.12. The lowest BCUT2D eigenvalue weighted by Gasteiger charge is -2.16. The third kappa shape index (κ3) is 7.41. The fourth-order valence-electron chi connectivity index (χ4n) is 2.09. The molecule has 1 rings (SSSR count). The molecule has 1 aromatic rings. The number of hydrogen-bond donors (Lipinski definition) is 2. The third-order valence-corrected chi connectivity index (χ3v) is 4.08. The minimum absolute atomic E-state index is 0.400. The summed E-state index contributed by atoms with van der Waals surface area (Å²) in [5.41, 5.74) is 1.96. The fraction of sp³-hybridized carbons (Fsp3) is 0.529. The van der Waals surface area contributed by atoms with Gasteiger partial charge in [0.25, 0.3) is 0 Å². The monoisotopic (exact) mass is 338 g/mol. The quantitative estimate of drug-likeness (QED) is 0.677. The Labute approximate surface area is 142 Å². The first-order chi connectivity index (χ1) is 11.1. The van der Waals surface area contributed by atoms with Crippen LogP contribution in [0.4, 0.5) is 10.5 Å². The van der Waals surface area contributed by atoms with Crippen molar-refractivity contribution in [3.63, 3.8) is 0 Å². The second kappa shape index (κ2) is 10.9. The van der Waals surface area contributed by atoms with Crippen LogP contribution in [-0.4, -0.2) is 37.2 Å². The molecule has 0 spiro atoms. The lowest BCUT2D eigenvalue weighted by Crippen LogP contribution is -2.44. The molecule has 0 aromatic heterocycles. The van der Waals surface area contributed by atoms with Crippen LogP contribution in [0.2, 0.25) is 0 Å². The number of esters is 1. The maximum absolute atomic E-state index is 12.0. The van der Waals surface area contributed by atoms with Crippen molar-refractivity contribution < 1.29 is 14.3 Å². The molecule has 1 atom stereocenters. The smallest absolute Gasteiger partial charge is 0.328 e. The Kier molecular flexibility index (Phi) is 9.21. The van der Waals surface area contributed by atoms with E-state index in [0.717, 1.165) is 25.0 Å². The number of hydrogen-bond acceptors (Lipinski definition) is 4. The molecular formula is C17H26N2O3S. The molecule has 23 heavy (non-hydrogen) atoms. The molecule has 0 saturated carbocycles. The molecule has 0 heterocycles. The van der Waals surface area contributed by atoms with Gasteiger partial charge in [-0.2, -0.15) is 11.8 Å². The summed E-state index contributed by atoms with van der Waals surface area (Å²) in [5, 5.41) is 5.41. The lowest BCUT2D eigenvalue weighted by atomic mass is 10.1. The topological polar surface area (TPSA) is 67.4 Å². The minimum atomic E-state index is -0.628. The number of aryl methyl sites for hydroxylation is 1. The van der Waals surface area contributed by atoms with Crippen LogP contribution in [0.5, 0.6) is 0 Å². The number of carbonyl (C=O) groups excluding carboxylic acids is 2. The van der Waals surface area contributed by atoms with Gasteiger partial charge in [0.1, 0.15) is 6.04 Å². The van der Waals surface area contributed by atoms with Gasteiger partial charge in [0.15, 0.2) is 0 Å². The van der Waals surface area contributed by atoms with E-state index in [9.17, 15) is 9.59 Å². The molecule has 128 valence electrons. The zero-order valence-corrected chi connectivity index (χ0v) is 14.9. The number of ether oxygens (including phenoxy) is 1. The predicted molar refractivity (Wildman–Crippen MR) is 96.0 cm³/mol. The molecule has 6 heteroatoms. The van der Waals surface area contributed by atoms with E-state index in [1.807, 2.05) is 30.5 Å². The summed E-state index contributed by atoms with van der Waals surface area (Å²) in [7, 11) is 1.32. The van der Waals surface area contributed by atoms with Gasteiger partial charge in [-0.15, -0.1) is 0 Å². The average molecular weight is 338 g/mol. The minimum Gasteiger partial charge on any atom is -0.467 e. The molecule has 0 aliphatic carbocycles. The van der Waals surface area contributed by atoms with Crippen LogP contribution in [0.1, 0.15) is 31.7 Å². The Morgan fingerprint density at radius 3 is 2.52 bits per heavy atom. The summed E-state index contributed by atoms with van der Waals surface area (Å²) in [4.78, 5) is 23.7. The van der Waals surface area contributed by atoms with E-state index in [1.165, 1.54) is 12.7 Å². The highest BCUT2D eigenvalue weighted by Gasteiger charge is 2.20. The molecule has 0 unspecified atom stereocenters. The van der Waals surface area contributed by atoms with Crippen molar-refractivity contribution >= 4 is 29.4 Å². The average Bonchev–Trinajstić information content (AvgIpc) is 2.57. The Bertz CT molecular complexity index is 491. The van der Waals surface area contributed by atoms with Crippen LogP contribution in [-0.2, 0) is 16.0 Å². The van der Waals surface area contributed by atoms with E-state index in [4.69, 9.17) is 4.74 Å². The van der Waals surface area contributed by atoms with Crippen molar-refractivity contribution in [1.29, 1.82) is 0 Å². The third-order valence-electron chi connectivity index (χ3n) is 3.43. The summed E-state index contributed by atoms with van der Waals surface area (Å²) in [6, 6.07) is 6.74. The van der Waals surface area contributed by atoms with Crippen molar-refractivity contribution in [3.8, 4) is 0 Å². The van der Waals surface area contributed by atoms with E-state index in [2.05, 4.69) is 17.6 Å². The van der Waals surface area contributed by atoms with E-state index >= 15 is 0 Å². The van der Waals surface area contributed by atoms with Gasteiger partial charge in [-0.25, -0.2) is 9.59 Å². The van der Waals surface area contributed by atoms with Crippen LogP contribution in [0.15, 0.2) is 24.3 Å². The fourth-order valence-corrected chi connectivity index (χ4v) is 2.56. The largest absolute Gasteiger partial charge is 0.467 e. The molecule has 0 fully saturated rings. The highest BCUT2D eigenvalue weighted by atomic mass is 32.2. The van der Waals surface area contributed by atoms with Gasteiger partial charge in [0.2, 0.25) is 0 Å². The Morgan fingerprint density at radius 1 is 1.26 bits per heavy atom. The lowest BCUT2D eigenvalue weighted by molar-refractivity contribution is -0.142. The van der Waals surface area contributed by atoms with E-state index in [1.54, 1.807) is 11.8 Å². The predicted octanol–water partition coefficient (Wildman–Crippen LogP) is 3.45. The van der Waals surface area contributed by atoms with Gasteiger partial charge in [0.05, 0.1) is 7.11 Å². The molecule has 0 saturated heterocycles. The number of methoxy groups -OCH3 is 1. The van der Waals surface area contributed by atoms with Gasteiger partial charge in [-0.3, -0.25) is 0 Å². The van der Waals surface area contributed by atoms with Crippen LogP contribution in [0.25, 0.3) is 0 Å². The maximum Gasteiger partial charge on any atom is 0.328 e. The molecule has 1 aromatic carbocycles. The SMILES string of the molecule is CCCCc1ccc(NC(=O)N[C@H](CCSC)C(=O)OC)cc1. The van der Waals surface area contributed by atoms with Gasteiger partial charge < -0.3 is 15.4 Å². The van der Waals surface area contributed by atoms with Crippen molar-refractivity contribution in [1.82, 2.24) is 5.32 Å². The number of urea groups is 1. The first kappa shape index (κ1) is 19.4. The number of benzene rings is 1. The highest BCUT2D eigenvalue weighted by molar-refractivity contribution is 7.98. The van der Waals surface area contributed by atoms with Gasteiger partial charge >= 0.3 is 12.0 Å². The Hall–Kier alpha value is -1.69. The van der Waals surface area contributed by atoms with Crippen molar-refractivity contribution in [2.75, 3.05) is 24.4 Å². The summed E-state index contributed by atoms with van der Waals surface area (Å²) in [6.07, 6.45) is 5.85. The van der Waals surface area contributed by atoms with E-state index in [-0.39, 0.29) is 0 Å². The van der Waals surface area contributed by atoms with Crippen LogP contribution >= 0.6 is 11.8 Å². The first-order valence-electron chi connectivity index (χ1n) is 7.84. The molecule has 0 aliphatic rings. The number of anilines is 1. The standard InChI is InChI=1S/C17H26N2O3S/c1-4-5-6-13-7-9-14(10-8-13)18-17(21)19-15(11-12-23-3)16(20)22-2/h7-10,15H,4-6,11-12H2,1-3H3,(H2,18,19,21)/t15-/m1/s1. The van der Waals surface area contributed by atoms with Gasteiger partial charge in [-0.1, -0.05) is 25.5 Å². The molecule has 5 nitrogen and oxygen atoms in total. The summed E-state index contributed by atoms with van der Waals surface area (Å²) in [5.74, 6) is 0.343. The number of rotatable bonds is 9. The van der Waals surface area contributed by atoms with Gasteiger partial charge in [0, 0.05) is 5.69 Å². The van der Waals surface area contributed by atoms with Crippen LogP contribution in [0, 0.1) is 0 Å². The number of nitrogens with one attached hydrogen (secondary N) is 2. The van der Waals surface area contributed by atoms with Crippen molar-refractivity contribution in [2.45, 2.75) is 38.6 Å². The molecule has 2 amide bonds. The first-order valence-corrected chi connectivity index (χ1v) is 9.23. The second-order valence-corrected chi connectivity index (χ2v) is 6.24. The zero-order valence-electron chi connectivity index (χ0n) is 14.1. The van der Waals surface area contributed by atoms with E-state index in [0.29, 0.717) is 12.1 Å². The second-order valence-electron chi connectivity index (χ2n) is 5.26. The number of carbonyl (C=O) groups is 2. The number of unbranched alkanes of at least 4 members (excludes halogenated alkanes) is 1. The van der Waals surface area contributed by atoms with Crippen molar-refractivity contribution in [3.05, 3.63) is 29.8 Å². The Morgan fingerprint density at radius 2 is 1.96 bits per heavy atom. The number of thioether (sulfide) groups is 1. The van der Waals surface area contributed by atoms with Crippen molar-refractivity contribution in [2.24, 2.45) is 0 Å². The maximum atomic E-state index is 12.0. The molecule has 2 N–H and O–H groups in total. The van der Waals surface area contributed by atoms with Crippen LogP contribution in [0.3, 0.4) is 0 Å². The Balaban J connectivity index is 2.54. The number of amides is 2. The van der Waals surface area contributed by atoms with E-state index < -0.39 is 18.0 Å². The van der Waals surface area contributed by atoms with Crippen LogP contribution < -0.4 is 10.6 Å². The van der Waals surface area contributed by atoms with Gasteiger partial charge in [-0.05, 0) is 49.0 Å². The molecule has 0 radical (unpaired) electrons. The molecule has 0 bridgehead atoms. The summed E-state index contributed by atoms with van der Waals surface area (Å²) in [6.45, 7) is 2.16.